The molecule has 2 N–H and O–H groups in total. The number of nitrogens with two attached hydrogens (primary N) is 1. The van der Waals surface area contributed by atoms with E-state index in [0.717, 1.165) is 18.8 Å². The van der Waals surface area contributed by atoms with Gasteiger partial charge in [0.25, 0.3) is 0 Å². The number of fused-ring (bicyclic) bond motifs is 1. The largest absolute Gasteiger partial charge is 0.464 e. The van der Waals surface area contributed by atoms with Crippen LogP contribution in [0.2, 0.25) is 0 Å². The highest BCUT2D eigenvalue weighted by Crippen LogP contribution is 2.42. The second kappa shape index (κ2) is 3.86. The summed E-state index contributed by atoms with van der Waals surface area (Å²) < 4.78 is 11.1. The monoisotopic (exact) mass is 231 g/mol. The lowest BCUT2D eigenvalue weighted by atomic mass is 9.69. The minimum absolute atomic E-state index is 0.0430. The lowest BCUT2D eigenvalue weighted by Gasteiger charge is -2.45. The molecule has 1 atom stereocenters. The molecule has 3 nitrogen and oxygen atoms in total. The van der Waals surface area contributed by atoms with Gasteiger partial charge >= 0.3 is 0 Å². The third-order valence-corrected chi connectivity index (χ3v) is 4.03. The molecule has 3 heteroatoms. The van der Waals surface area contributed by atoms with Gasteiger partial charge in [-0.05, 0) is 18.5 Å². The van der Waals surface area contributed by atoms with Gasteiger partial charge in [0.1, 0.15) is 5.58 Å². The zero-order chi connectivity index (χ0) is 11.9. The lowest BCUT2D eigenvalue weighted by Crippen LogP contribution is -2.53. The van der Waals surface area contributed by atoms with Crippen LogP contribution in [0.15, 0.2) is 34.9 Å². The van der Waals surface area contributed by atoms with Crippen LogP contribution in [0.5, 0.6) is 0 Å². The Bertz CT molecular complexity index is 528. The molecule has 2 heterocycles. The van der Waals surface area contributed by atoms with E-state index >= 15 is 0 Å². The van der Waals surface area contributed by atoms with E-state index in [1.807, 2.05) is 24.5 Å². The van der Waals surface area contributed by atoms with Gasteiger partial charge in [0.2, 0.25) is 0 Å². The van der Waals surface area contributed by atoms with Gasteiger partial charge in [0.15, 0.2) is 0 Å². The fraction of sp³-hybridized carbons (Fsp3) is 0.429. The third-order valence-electron chi connectivity index (χ3n) is 4.03. The van der Waals surface area contributed by atoms with Crippen LogP contribution in [-0.2, 0) is 10.2 Å². The molecule has 1 aliphatic heterocycles. The standard InChI is InChI=1S/C14H17NO2/c1-10(6-15)14(8-16-9-14)12-7-17-13-5-3-2-4-11(12)13/h2-5,7,10H,6,8-9,15H2,1H3. The molecule has 0 amide bonds. The van der Waals surface area contributed by atoms with E-state index in [0.29, 0.717) is 12.5 Å². The Balaban J connectivity index is 2.13. The van der Waals surface area contributed by atoms with Crippen LogP contribution in [0.1, 0.15) is 12.5 Å². The molecular formula is C14H17NO2. The normalized spacial score (nSPS) is 20.1. The topological polar surface area (TPSA) is 48.4 Å². The summed E-state index contributed by atoms with van der Waals surface area (Å²) in [5.74, 6) is 0.400. The Morgan fingerprint density at radius 2 is 2.12 bits per heavy atom. The molecular weight excluding hydrogens is 214 g/mol. The van der Waals surface area contributed by atoms with Crippen molar-refractivity contribution in [1.82, 2.24) is 0 Å². The first kappa shape index (κ1) is 10.8. The predicted octanol–water partition coefficient (Wildman–Crippen LogP) is 2.30. The SMILES string of the molecule is CC(CN)C1(c2coc3ccccc23)COC1. The highest BCUT2D eigenvalue weighted by Gasteiger charge is 2.46. The summed E-state index contributed by atoms with van der Waals surface area (Å²) in [6, 6.07) is 8.14. The van der Waals surface area contributed by atoms with E-state index in [2.05, 4.69) is 13.0 Å². The van der Waals surface area contributed by atoms with Crippen LogP contribution in [0.3, 0.4) is 0 Å². The van der Waals surface area contributed by atoms with Crippen LogP contribution < -0.4 is 5.73 Å². The first-order valence-corrected chi connectivity index (χ1v) is 6.02. The second-order valence-corrected chi connectivity index (χ2v) is 4.93. The highest BCUT2D eigenvalue weighted by atomic mass is 16.5. The van der Waals surface area contributed by atoms with Crippen molar-refractivity contribution in [1.29, 1.82) is 0 Å². The minimum Gasteiger partial charge on any atom is -0.464 e. The molecule has 2 aromatic rings. The highest BCUT2D eigenvalue weighted by molar-refractivity contribution is 5.82. The summed E-state index contributed by atoms with van der Waals surface area (Å²) in [6.45, 7) is 4.34. The zero-order valence-corrected chi connectivity index (χ0v) is 9.98. The third kappa shape index (κ3) is 1.43. The summed E-state index contributed by atoms with van der Waals surface area (Å²) in [6.07, 6.45) is 1.87. The van der Waals surface area contributed by atoms with Crippen molar-refractivity contribution in [2.24, 2.45) is 11.7 Å². The van der Waals surface area contributed by atoms with Crippen LogP contribution in [0.4, 0.5) is 0 Å². The van der Waals surface area contributed by atoms with Gasteiger partial charge in [0, 0.05) is 16.4 Å². The molecule has 1 saturated heterocycles. The van der Waals surface area contributed by atoms with Gasteiger partial charge < -0.3 is 14.9 Å². The van der Waals surface area contributed by atoms with E-state index in [-0.39, 0.29) is 5.41 Å². The number of para-hydroxylation sites is 1. The van der Waals surface area contributed by atoms with Gasteiger partial charge in [-0.3, -0.25) is 0 Å². The first-order chi connectivity index (χ1) is 8.28. The summed E-state index contributed by atoms with van der Waals surface area (Å²) in [5, 5.41) is 1.19. The number of furan rings is 1. The molecule has 0 aliphatic carbocycles. The molecule has 0 bridgehead atoms. The Morgan fingerprint density at radius 3 is 2.76 bits per heavy atom. The number of rotatable bonds is 3. The van der Waals surface area contributed by atoms with Crippen LogP contribution in [0.25, 0.3) is 11.0 Å². The van der Waals surface area contributed by atoms with Crippen molar-refractivity contribution in [2.75, 3.05) is 19.8 Å². The van der Waals surface area contributed by atoms with Crippen LogP contribution in [-0.4, -0.2) is 19.8 Å². The summed E-state index contributed by atoms with van der Waals surface area (Å²) >= 11 is 0. The Labute approximate surface area is 101 Å². The fourth-order valence-corrected chi connectivity index (χ4v) is 2.62. The summed E-state index contributed by atoms with van der Waals surface area (Å²) in [5.41, 5.74) is 8.06. The van der Waals surface area contributed by atoms with Gasteiger partial charge in [-0.25, -0.2) is 0 Å². The molecule has 1 aromatic carbocycles. The zero-order valence-electron chi connectivity index (χ0n) is 9.98. The number of ether oxygens (including phenoxy) is 1. The maximum Gasteiger partial charge on any atom is 0.134 e. The number of hydrogen-bond acceptors (Lipinski definition) is 3. The molecule has 1 unspecified atom stereocenters. The number of hydrogen-bond donors (Lipinski definition) is 1. The Kier molecular flexibility index (Phi) is 2.45. The van der Waals surface area contributed by atoms with Crippen molar-refractivity contribution >= 4 is 11.0 Å². The van der Waals surface area contributed by atoms with E-state index in [1.54, 1.807) is 0 Å². The van der Waals surface area contributed by atoms with Crippen molar-refractivity contribution in [3.8, 4) is 0 Å². The second-order valence-electron chi connectivity index (χ2n) is 4.93. The maximum atomic E-state index is 5.83. The van der Waals surface area contributed by atoms with Gasteiger partial charge in [-0.15, -0.1) is 0 Å². The Morgan fingerprint density at radius 1 is 1.35 bits per heavy atom. The van der Waals surface area contributed by atoms with Gasteiger partial charge in [0.05, 0.1) is 19.5 Å². The molecule has 1 aromatic heterocycles. The van der Waals surface area contributed by atoms with Crippen molar-refractivity contribution in [3.05, 3.63) is 36.1 Å². The van der Waals surface area contributed by atoms with Gasteiger partial charge in [-0.1, -0.05) is 25.1 Å². The quantitative estimate of drug-likeness (QED) is 0.881. The maximum absolute atomic E-state index is 5.83. The van der Waals surface area contributed by atoms with Crippen molar-refractivity contribution in [2.45, 2.75) is 12.3 Å². The van der Waals surface area contributed by atoms with Crippen LogP contribution in [0, 0.1) is 5.92 Å². The van der Waals surface area contributed by atoms with E-state index < -0.39 is 0 Å². The van der Waals surface area contributed by atoms with Gasteiger partial charge in [-0.2, -0.15) is 0 Å². The average Bonchev–Trinajstić information content (AvgIpc) is 2.72. The van der Waals surface area contributed by atoms with E-state index in [9.17, 15) is 0 Å². The number of benzene rings is 1. The minimum atomic E-state index is 0.0430. The van der Waals surface area contributed by atoms with Crippen molar-refractivity contribution < 1.29 is 9.15 Å². The van der Waals surface area contributed by atoms with Crippen LogP contribution >= 0.6 is 0 Å². The molecule has 0 spiro atoms. The lowest BCUT2D eigenvalue weighted by molar-refractivity contribution is -0.0849. The molecule has 17 heavy (non-hydrogen) atoms. The fourth-order valence-electron chi connectivity index (χ4n) is 2.62. The smallest absolute Gasteiger partial charge is 0.134 e. The molecule has 0 saturated carbocycles. The van der Waals surface area contributed by atoms with E-state index in [1.165, 1.54) is 10.9 Å². The Hall–Kier alpha value is -1.32. The summed E-state index contributed by atoms with van der Waals surface area (Å²) in [7, 11) is 0. The molecule has 0 radical (unpaired) electrons. The predicted molar refractivity (Wildman–Crippen MR) is 66.9 cm³/mol. The summed E-state index contributed by atoms with van der Waals surface area (Å²) in [4.78, 5) is 0. The molecule has 1 aliphatic rings. The van der Waals surface area contributed by atoms with E-state index in [4.69, 9.17) is 14.9 Å². The molecule has 90 valence electrons. The first-order valence-electron chi connectivity index (χ1n) is 6.02. The molecule has 1 fully saturated rings. The average molecular weight is 231 g/mol. The molecule has 3 rings (SSSR count). The van der Waals surface area contributed by atoms with Crippen molar-refractivity contribution in [3.63, 3.8) is 0 Å².